The van der Waals surface area contributed by atoms with Crippen molar-refractivity contribution in [2.75, 3.05) is 33.7 Å². The highest BCUT2D eigenvalue weighted by atomic mass is 16.2. The van der Waals surface area contributed by atoms with Crippen LogP contribution in [0.25, 0.3) is 0 Å². The van der Waals surface area contributed by atoms with Crippen molar-refractivity contribution in [3.05, 3.63) is 0 Å². The fourth-order valence-corrected chi connectivity index (χ4v) is 3.02. The van der Waals surface area contributed by atoms with Gasteiger partial charge in [-0.25, -0.2) is 0 Å². The number of fused-ring (bicyclic) bond motifs is 1. The third kappa shape index (κ3) is 3.08. The maximum absolute atomic E-state index is 12.6. The minimum Gasteiger partial charge on any atom is -0.338 e. The molecule has 2 unspecified atom stereocenters. The van der Waals surface area contributed by atoms with Crippen LogP contribution in [0.15, 0.2) is 0 Å². The molecule has 0 radical (unpaired) electrons. The summed E-state index contributed by atoms with van der Waals surface area (Å²) in [4.78, 5) is 30.4. The first-order valence-electron chi connectivity index (χ1n) is 7.25. The predicted octanol–water partition coefficient (Wildman–Crippen LogP) is 0.550. The van der Waals surface area contributed by atoms with E-state index in [9.17, 15) is 9.59 Å². The fraction of sp³-hybridized carbons (Fsp3) is 0.857. The van der Waals surface area contributed by atoms with Crippen molar-refractivity contribution in [3.63, 3.8) is 0 Å². The summed E-state index contributed by atoms with van der Waals surface area (Å²) in [7, 11) is 4.08. The van der Waals surface area contributed by atoms with Gasteiger partial charge in [-0.05, 0) is 46.8 Å². The van der Waals surface area contributed by atoms with Crippen molar-refractivity contribution in [2.24, 2.45) is 0 Å². The molecule has 2 saturated heterocycles. The Morgan fingerprint density at radius 2 is 2.05 bits per heavy atom. The molecule has 2 rings (SSSR count). The Labute approximate surface area is 115 Å². The van der Waals surface area contributed by atoms with Gasteiger partial charge >= 0.3 is 0 Å². The summed E-state index contributed by atoms with van der Waals surface area (Å²) >= 11 is 0. The highest BCUT2D eigenvalue weighted by Crippen LogP contribution is 2.24. The third-order valence-corrected chi connectivity index (χ3v) is 4.23. The smallest absolute Gasteiger partial charge is 0.245 e. The zero-order chi connectivity index (χ0) is 14.0. The van der Waals surface area contributed by atoms with Crippen LogP contribution in [0.4, 0.5) is 0 Å². The molecular formula is C14H25N3O2. The van der Waals surface area contributed by atoms with Gasteiger partial charge in [-0.1, -0.05) is 0 Å². The Balaban J connectivity index is 2.04. The van der Waals surface area contributed by atoms with E-state index in [0.717, 1.165) is 32.4 Å². The number of carbonyl (C=O) groups is 2. The summed E-state index contributed by atoms with van der Waals surface area (Å²) in [6.45, 7) is 4.40. The lowest BCUT2D eigenvalue weighted by atomic mass is 10.1. The quantitative estimate of drug-likeness (QED) is 0.747. The van der Waals surface area contributed by atoms with Crippen LogP contribution in [0.1, 0.15) is 32.6 Å². The van der Waals surface area contributed by atoms with E-state index in [4.69, 9.17) is 0 Å². The van der Waals surface area contributed by atoms with Crippen molar-refractivity contribution in [1.82, 2.24) is 14.7 Å². The molecule has 5 nitrogen and oxygen atoms in total. The Hall–Kier alpha value is -1.10. The molecule has 2 heterocycles. The van der Waals surface area contributed by atoms with E-state index in [0.29, 0.717) is 13.0 Å². The molecule has 0 N–H and O–H groups in total. The van der Waals surface area contributed by atoms with Gasteiger partial charge in [0.1, 0.15) is 6.04 Å². The summed E-state index contributed by atoms with van der Waals surface area (Å²) < 4.78 is 0. The molecule has 0 aromatic heterocycles. The van der Waals surface area contributed by atoms with E-state index < -0.39 is 0 Å². The summed E-state index contributed by atoms with van der Waals surface area (Å²) in [6.07, 6.45) is 3.23. The zero-order valence-electron chi connectivity index (χ0n) is 12.3. The van der Waals surface area contributed by atoms with E-state index >= 15 is 0 Å². The molecule has 2 amide bonds. The molecule has 0 saturated carbocycles. The molecule has 0 aromatic rings. The minimum atomic E-state index is -0.184. The van der Waals surface area contributed by atoms with Crippen molar-refractivity contribution < 1.29 is 9.59 Å². The monoisotopic (exact) mass is 267 g/mol. The average molecular weight is 267 g/mol. The van der Waals surface area contributed by atoms with Gasteiger partial charge in [0.05, 0.1) is 0 Å². The maximum Gasteiger partial charge on any atom is 0.245 e. The molecule has 0 aliphatic carbocycles. The van der Waals surface area contributed by atoms with E-state index in [2.05, 4.69) is 11.8 Å². The molecule has 2 aliphatic heterocycles. The van der Waals surface area contributed by atoms with Gasteiger partial charge < -0.3 is 14.7 Å². The lowest BCUT2D eigenvalue weighted by Crippen LogP contribution is -2.47. The number of hydrogen-bond donors (Lipinski definition) is 0. The zero-order valence-corrected chi connectivity index (χ0v) is 12.3. The number of amides is 2. The topological polar surface area (TPSA) is 43.9 Å². The predicted molar refractivity (Wildman–Crippen MR) is 73.7 cm³/mol. The van der Waals surface area contributed by atoms with Crippen LogP contribution in [-0.2, 0) is 9.59 Å². The normalized spacial score (nSPS) is 25.8. The number of nitrogens with zero attached hydrogens (tertiary/aromatic N) is 3. The van der Waals surface area contributed by atoms with E-state index in [1.807, 2.05) is 19.0 Å². The standard InChI is InChI=1S/C14H25N3O2/c1-11(6-9-15(2)3)16-10-7-13(18)17-8-4-5-12(17)14(16)19/h11-12H,4-10H2,1-3H3. The summed E-state index contributed by atoms with van der Waals surface area (Å²) in [5.41, 5.74) is 0. The third-order valence-electron chi connectivity index (χ3n) is 4.23. The summed E-state index contributed by atoms with van der Waals surface area (Å²) in [6, 6.07) is 0.0278. The number of hydrogen-bond acceptors (Lipinski definition) is 3. The number of carbonyl (C=O) groups excluding carboxylic acids is 2. The molecule has 19 heavy (non-hydrogen) atoms. The van der Waals surface area contributed by atoms with Gasteiger partial charge in [0.25, 0.3) is 0 Å². The van der Waals surface area contributed by atoms with Crippen molar-refractivity contribution in [3.8, 4) is 0 Å². The second kappa shape index (κ2) is 5.90. The van der Waals surface area contributed by atoms with Crippen LogP contribution in [0.2, 0.25) is 0 Å². The second-order valence-electron chi connectivity index (χ2n) is 5.97. The van der Waals surface area contributed by atoms with Crippen molar-refractivity contribution in [1.29, 1.82) is 0 Å². The fourth-order valence-electron chi connectivity index (χ4n) is 3.02. The molecule has 2 fully saturated rings. The van der Waals surface area contributed by atoms with Crippen molar-refractivity contribution in [2.45, 2.75) is 44.7 Å². The minimum absolute atomic E-state index is 0.151. The van der Waals surface area contributed by atoms with Crippen LogP contribution in [0.5, 0.6) is 0 Å². The molecule has 2 aliphatic rings. The highest BCUT2D eigenvalue weighted by molar-refractivity contribution is 5.90. The summed E-state index contributed by atoms with van der Waals surface area (Å²) in [5, 5.41) is 0. The Morgan fingerprint density at radius 1 is 1.32 bits per heavy atom. The summed E-state index contributed by atoms with van der Waals surface area (Å²) in [5.74, 6) is 0.313. The first-order chi connectivity index (χ1) is 9.00. The second-order valence-corrected chi connectivity index (χ2v) is 5.97. The molecule has 0 aromatic carbocycles. The molecule has 0 bridgehead atoms. The molecule has 2 atom stereocenters. The number of rotatable bonds is 4. The Morgan fingerprint density at radius 3 is 2.74 bits per heavy atom. The lowest BCUT2D eigenvalue weighted by Gasteiger charge is -2.31. The van der Waals surface area contributed by atoms with Crippen LogP contribution < -0.4 is 0 Å². The van der Waals surface area contributed by atoms with Gasteiger partial charge in [-0.3, -0.25) is 9.59 Å². The molecule has 5 heteroatoms. The van der Waals surface area contributed by atoms with Gasteiger partial charge in [0.2, 0.25) is 11.8 Å². The molecular weight excluding hydrogens is 242 g/mol. The van der Waals surface area contributed by atoms with Gasteiger partial charge in [0, 0.05) is 25.6 Å². The largest absolute Gasteiger partial charge is 0.338 e. The maximum atomic E-state index is 12.6. The van der Waals surface area contributed by atoms with Gasteiger partial charge in [-0.2, -0.15) is 0 Å². The van der Waals surface area contributed by atoms with Crippen LogP contribution in [-0.4, -0.2) is 72.3 Å². The first-order valence-corrected chi connectivity index (χ1v) is 7.25. The van der Waals surface area contributed by atoms with Crippen molar-refractivity contribution >= 4 is 11.8 Å². The lowest BCUT2D eigenvalue weighted by molar-refractivity contribution is -0.140. The van der Waals surface area contributed by atoms with E-state index in [1.54, 1.807) is 4.90 Å². The van der Waals surface area contributed by atoms with Crippen LogP contribution in [0, 0.1) is 0 Å². The average Bonchev–Trinajstić information content (AvgIpc) is 2.81. The SMILES string of the molecule is CC(CCN(C)C)N1CCC(=O)N2CCCC2C1=O. The van der Waals surface area contributed by atoms with E-state index in [-0.39, 0.29) is 23.9 Å². The van der Waals surface area contributed by atoms with Gasteiger partial charge in [0.15, 0.2) is 0 Å². The van der Waals surface area contributed by atoms with Crippen LogP contribution in [0.3, 0.4) is 0 Å². The van der Waals surface area contributed by atoms with Crippen LogP contribution >= 0.6 is 0 Å². The first kappa shape index (κ1) is 14.3. The Kier molecular flexibility index (Phi) is 4.45. The highest BCUT2D eigenvalue weighted by Gasteiger charge is 2.40. The molecule has 0 spiro atoms. The Bertz CT molecular complexity index is 357. The van der Waals surface area contributed by atoms with Gasteiger partial charge in [-0.15, -0.1) is 0 Å². The van der Waals surface area contributed by atoms with E-state index in [1.165, 1.54) is 0 Å². The molecule has 108 valence electrons.